The molecule has 8 nitrogen and oxygen atoms in total. The number of nitrogens with zero attached hydrogens (tertiary/aromatic N) is 1. The average molecular weight is 417 g/mol. The number of nitrogens with two attached hydrogens (primary N) is 1. The van der Waals surface area contributed by atoms with Gasteiger partial charge in [-0.3, -0.25) is 19.2 Å². The fourth-order valence-corrected chi connectivity index (χ4v) is 4.07. The van der Waals surface area contributed by atoms with Gasteiger partial charge in [-0.2, -0.15) is 0 Å². The highest BCUT2D eigenvalue weighted by Gasteiger charge is 2.28. The number of carbonyl (C=O) groups is 2. The second-order valence-corrected chi connectivity index (χ2v) is 8.85. The number of hydrogen-bond donors (Lipinski definition) is 3. The van der Waals surface area contributed by atoms with Crippen LogP contribution in [0.4, 0.5) is 11.4 Å². The monoisotopic (exact) mass is 416 g/mol. The summed E-state index contributed by atoms with van der Waals surface area (Å²) >= 11 is 0. The molecule has 2 aromatic carbocycles. The lowest BCUT2D eigenvalue weighted by molar-refractivity contribution is -0.122. The molecule has 4 N–H and O–H groups in total. The van der Waals surface area contributed by atoms with Gasteiger partial charge in [-0.05, 0) is 49.2 Å². The molecule has 9 heteroatoms. The van der Waals surface area contributed by atoms with Gasteiger partial charge in [0.15, 0.2) is 0 Å². The van der Waals surface area contributed by atoms with Crippen molar-refractivity contribution in [1.29, 1.82) is 0 Å². The van der Waals surface area contributed by atoms with E-state index in [-0.39, 0.29) is 23.2 Å². The van der Waals surface area contributed by atoms with Crippen LogP contribution in [-0.4, -0.2) is 44.0 Å². The van der Waals surface area contributed by atoms with E-state index < -0.39 is 15.9 Å². The van der Waals surface area contributed by atoms with E-state index in [0.717, 1.165) is 31.2 Å². The second kappa shape index (κ2) is 8.62. The summed E-state index contributed by atoms with van der Waals surface area (Å²) in [5.41, 5.74) is 7.43. The molecule has 0 aromatic heterocycles. The number of amides is 2. The van der Waals surface area contributed by atoms with Crippen LogP contribution in [0.1, 0.15) is 28.8 Å². The van der Waals surface area contributed by atoms with Gasteiger partial charge in [-0.1, -0.05) is 24.3 Å². The van der Waals surface area contributed by atoms with Gasteiger partial charge in [0, 0.05) is 12.2 Å². The Morgan fingerprint density at radius 1 is 1.17 bits per heavy atom. The molecule has 0 bridgehead atoms. The lowest BCUT2D eigenvalue weighted by atomic mass is 10.1. The van der Waals surface area contributed by atoms with Crippen LogP contribution in [-0.2, 0) is 21.4 Å². The lowest BCUT2D eigenvalue weighted by Crippen LogP contribution is -2.39. The number of benzene rings is 2. The summed E-state index contributed by atoms with van der Waals surface area (Å²) in [6.45, 7) is 1.36. The van der Waals surface area contributed by atoms with Crippen molar-refractivity contribution in [3.63, 3.8) is 0 Å². The number of likely N-dealkylation sites (tertiary alicyclic amines) is 1. The van der Waals surface area contributed by atoms with Crippen LogP contribution in [0.2, 0.25) is 0 Å². The summed E-state index contributed by atoms with van der Waals surface area (Å²) in [7, 11) is -3.51. The number of rotatable bonds is 7. The first kappa shape index (κ1) is 20.8. The Morgan fingerprint density at radius 2 is 1.93 bits per heavy atom. The topological polar surface area (TPSA) is 122 Å². The van der Waals surface area contributed by atoms with Crippen LogP contribution in [0.15, 0.2) is 48.5 Å². The number of sulfonamides is 1. The lowest BCUT2D eigenvalue weighted by Gasteiger charge is -2.22. The van der Waals surface area contributed by atoms with Crippen molar-refractivity contribution in [3.8, 4) is 0 Å². The fraction of sp³-hybridized carbons (Fsp3) is 0.300. The number of primary amides is 1. The van der Waals surface area contributed by atoms with Crippen molar-refractivity contribution >= 4 is 33.2 Å². The maximum absolute atomic E-state index is 12.7. The molecule has 0 saturated carbocycles. The van der Waals surface area contributed by atoms with E-state index >= 15 is 0 Å². The quantitative estimate of drug-likeness (QED) is 0.635. The third-order valence-corrected chi connectivity index (χ3v) is 5.32. The molecule has 1 aliphatic heterocycles. The highest BCUT2D eigenvalue weighted by atomic mass is 32.2. The zero-order valence-corrected chi connectivity index (χ0v) is 16.9. The summed E-state index contributed by atoms with van der Waals surface area (Å²) in [6, 6.07) is 13.5. The maximum atomic E-state index is 12.7. The van der Waals surface area contributed by atoms with Gasteiger partial charge in [0.25, 0.3) is 5.91 Å². The molecule has 1 aliphatic rings. The van der Waals surface area contributed by atoms with Crippen LogP contribution < -0.4 is 15.8 Å². The van der Waals surface area contributed by atoms with Gasteiger partial charge in [-0.25, -0.2) is 8.42 Å². The smallest absolute Gasteiger partial charge is 0.257 e. The minimum atomic E-state index is -3.51. The summed E-state index contributed by atoms with van der Waals surface area (Å²) in [4.78, 5) is 26.3. The van der Waals surface area contributed by atoms with Gasteiger partial charge >= 0.3 is 0 Å². The van der Waals surface area contributed by atoms with Crippen molar-refractivity contribution in [2.75, 3.05) is 22.8 Å². The van der Waals surface area contributed by atoms with Crippen LogP contribution >= 0.6 is 0 Å². The van der Waals surface area contributed by atoms with E-state index in [1.54, 1.807) is 24.3 Å². The van der Waals surface area contributed by atoms with Crippen molar-refractivity contribution in [2.24, 2.45) is 5.73 Å². The van der Waals surface area contributed by atoms with Gasteiger partial charge < -0.3 is 11.1 Å². The summed E-state index contributed by atoms with van der Waals surface area (Å²) in [5.74, 6) is -0.743. The number of hydrogen-bond acceptors (Lipinski definition) is 5. The predicted molar refractivity (Wildman–Crippen MR) is 112 cm³/mol. The van der Waals surface area contributed by atoms with Gasteiger partial charge in [0.05, 0.1) is 23.5 Å². The SMILES string of the molecule is CS(=O)(=O)Nc1ccccc1C(=O)Nc1cccc(CN2CCCC2C(N)=O)c1. The number of anilines is 2. The van der Waals surface area contributed by atoms with E-state index in [1.807, 2.05) is 23.1 Å². The average Bonchev–Trinajstić information content (AvgIpc) is 3.09. The highest BCUT2D eigenvalue weighted by Crippen LogP contribution is 2.22. The Kier molecular flexibility index (Phi) is 6.19. The Hall–Kier alpha value is -2.91. The fourth-order valence-electron chi connectivity index (χ4n) is 3.49. The van der Waals surface area contributed by atoms with Crippen molar-refractivity contribution in [2.45, 2.75) is 25.4 Å². The molecule has 154 valence electrons. The third kappa shape index (κ3) is 5.55. The van der Waals surface area contributed by atoms with E-state index in [9.17, 15) is 18.0 Å². The molecule has 1 heterocycles. The molecule has 0 aliphatic carbocycles. The zero-order chi connectivity index (χ0) is 21.0. The van der Waals surface area contributed by atoms with E-state index in [2.05, 4.69) is 10.0 Å². The van der Waals surface area contributed by atoms with Crippen molar-refractivity contribution in [3.05, 3.63) is 59.7 Å². The molecule has 3 rings (SSSR count). The Bertz CT molecular complexity index is 1020. The highest BCUT2D eigenvalue weighted by molar-refractivity contribution is 7.92. The van der Waals surface area contributed by atoms with Crippen molar-refractivity contribution < 1.29 is 18.0 Å². The van der Waals surface area contributed by atoms with Gasteiger partial charge in [0.2, 0.25) is 15.9 Å². The minimum absolute atomic E-state index is 0.213. The molecular weight excluding hydrogens is 392 g/mol. The van der Waals surface area contributed by atoms with E-state index in [4.69, 9.17) is 5.73 Å². The first-order valence-corrected chi connectivity index (χ1v) is 11.1. The minimum Gasteiger partial charge on any atom is -0.368 e. The maximum Gasteiger partial charge on any atom is 0.257 e. The predicted octanol–water partition coefficient (Wildman–Crippen LogP) is 1.76. The van der Waals surface area contributed by atoms with Crippen molar-refractivity contribution in [1.82, 2.24) is 4.90 Å². The largest absolute Gasteiger partial charge is 0.368 e. The molecule has 0 radical (unpaired) electrons. The van der Waals surface area contributed by atoms with E-state index in [0.29, 0.717) is 12.2 Å². The van der Waals surface area contributed by atoms with Crippen LogP contribution in [0.25, 0.3) is 0 Å². The van der Waals surface area contributed by atoms with Crippen LogP contribution in [0, 0.1) is 0 Å². The summed E-state index contributed by atoms with van der Waals surface area (Å²) < 4.78 is 25.4. The molecule has 2 aromatic rings. The molecule has 1 fully saturated rings. The second-order valence-electron chi connectivity index (χ2n) is 7.11. The van der Waals surface area contributed by atoms with Crippen LogP contribution in [0.3, 0.4) is 0 Å². The molecule has 1 saturated heterocycles. The Morgan fingerprint density at radius 3 is 2.66 bits per heavy atom. The normalized spacial score (nSPS) is 17.1. The van der Waals surface area contributed by atoms with Crippen LogP contribution in [0.5, 0.6) is 0 Å². The first-order valence-electron chi connectivity index (χ1n) is 9.23. The van der Waals surface area contributed by atoms with Gasteiger partial charge in [-0.15, -0.1) is 0 Å². The molecule has 1 atom stereocenters. The molecule has 2 amide bonds. The number of nitrogens with one attached hydrogen (secondary N) is 2. The third-order valence-electron chi connectivity index (χ3n) is 4.73. The van der Waals surface area contributed by atoms with E-state index in [1.165, 1.54) is 6.07 Å². The first-order chi connectivity index (χ1) is 13.7. The standard InChI is InChI=1S/C20H24N4O4S/c1-29(27,28)23-17-9-3-2-8-16(17)20(26)22-15-7-4-6-14(12-15)13-24-11-5-10-18(24)19(21)25/h2-4,6-9,12,18,23H,5,10-11,13H2,1H3,(H2,21,25)(H,22,26). The summed E-state index contributed by atoms with van der Waals surface area (Å²) in [5, 5.41) is 2.80. The molecule has 1 unspecified atom stereocenters. The molecule has 29 heavy (non-hydrogen) atoms. The number of carbonyl (C=O) groups excluding carboxylic acids is 2. The van der Waals surface area contributed by atoms with Gasteiger partial charge in [0.1, 0.15) is 0 Å². The Balaban J connectivity index is 1.74. The number of para-hydroxylation sites is 1. The molecular formula is C20H24N4O4S. The zero-order valence-electron chi connectivity index (χ0n) is 16.1. The Labute approximate surface area is 170 Å². The molecule has 0 spiro atoms. The summed E-state index contributed by atoms with van der Waals surface area (Å²) in [6.07, 6.45) is 2.72.